The molecule has 4 rings (SSSR count). The number of benzene rings is 2. The van der Waals surface area contributed by atoms with Crippen molar-refractivity contribution in [1.82, 2.24) is 15.6 Å². The predicted octanol–water partition coefficient (Wildman–Crippen LogP) is 2.11. The highest BCUT2D eigenvalue weighted by Crippen LogP contribution is 2.25. The second-order valence-electron chi connectivity index (χ2n) is 8.83. The number of amides is 2. The number of amidine groups is 1. The molecule has 0 spiro atoms. The normalized spacial score (nSPS) is 13.8. The number of nitrogens with one attached hydrogen (secondary N) is 2. The molecule has 0 saturated carbocycles. The number of hydrogen-bond acceptors (Lipinski definition) is 5. The van der Waals surface area contributed by atoms with Gasteiger partial charge in [-0.1, -0.05) is 18.2 Å². The van der Waals surface area contributed by atoms with E-state index in [1.807, 2.05) is 30.3 Å². The summed E-state index contributed by atoms with van der Waals surface area (Å²) in [6, 6.07) is 15.9. The maximum Gasteiger partial charge on any atom is 0.406 e. The van der Waals surface area contributed by atoms with Crippen LogP contribution in [0.2, 0.25) is 0 Å². The second kappa shape index (κ2) is 10.4. The summed E-state index contributed by atoms with van der Waals surface area (Å²) in [5, 5.41) is 21.7. The smallest absolute Gasteiger partial charge is 0.406 e. The zero-order valence-corrected chi connectivity index (χ0v) is 19.9. The van der Waals surface area contributed by atoms with Gasteiger partial charge in [-0.05, 0) is 74.2 Å². The number of urea groups is 1. The Bertz CT molecular complexity index is 1230. The number of rotatable bonds is 5. The lowest BCUT2D eigenvalue weighted by Gasteiger charge is -2.32. The molecule has 8 nitrogen and oxygen atoms in total. The summed E-state index contributed by atoms with van der Waals surface area (Å²) >= 11 is 0. The number of phenols is 1. The monoisotopic (exact) mass is 472 g/mol. The van der Waals surface area contributed by atoms with Crippen LogP contribution >= 0.6 is 0 Å². The van der Waals surface area contributed by atoms with E-state index in [1.165, 1.54) is 0 Å². The number of nitrogens with zero attached hydrogens (tertiary/aromatic N) is 2. The number of pyridine rings is 1. The van der Waals surface area contributed by atoms with Crippen molar-refractivity contribution in [2.24, 2.45) is 0 Å². The van der Waals surface area contributed by atoms with Crippen molar-refractivity contribution >= 4 is 23.5 Å². The van der Waals surface area contributed by atoms with Gasteiger partial charge in [0.2, 0.25) is 0 Å². The van der Waals surface area contributed by atoms with Gasteiger partial charge >= 0.3 is 6.03 Å². The molecule has 1 saturated heterocycles. The Labute approximate surface area is 204 Å². The number of phenolic OH excluding ortho intramolecular Hbond substituents is 1. The zero-order valence-electron chi connectivity index (χ0n) is 19.9. The van der Waals surface area contributed by atoms with E-state index in [0.29, 0.717) is 41.2 Å². The highest BCUT2D eigenvalue weighted by Gasteiger charge is 2.24. The topological polar surface area (TPSA) is 120 Å². The van der Waals surface area contributed by atoms with E-state index in [9.17, 15) is 14.7 Å². The summed E-state index contributed by atoms with van der Waals surface area (Å²) in [7, 11) is 0. The van der Waals surface area contributed by atoms with Crippen molar-refractivity contribution in [3.05, 3.63) is 88.6 Å². The fourth-order valence-corrected chi connectivity index (χ4v) is 4.27. The van der Waals surface area contributed by atoms with Crippen LogP contribution in [0.25, 0.3) is 0 Å². The number of ketones is 1. The molecule has 1 aliphatic rings. The first-order chi connectivity index (χ1) is 16.8. The molecule has 2 heterocycles. The number of aryl methyl sites for hydroxylation is 2. The lowest BCUT2D eigenvalue weighted by atomic mass is 9.99. The molecular weight excluding hydrogens is 442 g/mol. The van der Waals surface area contributed by atoms with Crippen LogP contribution in [0.3, 0.4) is 0 Å². The second-order valence-corrected chi connectivity index (χ2v) is 8.83. The maximum atomic E-state index is 13.1. The standard InChI is InChI=1S/C27H29N5O3/c1-17-14-21(15-18(2)24(17)33)25(34)20-8-11-29-23(16-20)32-12-9-22(10-13-32)30-27(35)31-26(28)19-6-4-3-5-7-19/h3-8,11,14-16,22,33H,9-10,12-13H2,1-2H3,(H3,28,30,31,35)/p+1. The van der Waals surface area contributed by atoms with E-state index in [2.05, 4.69) is 20.5 Å². The fourth-order valence-electron chi connectivity index (χ4n) is 4.27. The Hall–Kier alpha value is -4.20. The third-order valence-corrected chi connectivity index (χ3v) is 6.25. The van der Waals surface area contributed by atoms with Gasteiger partial charge in [-0.15, -0.1) is 0 Å². The van der Waals surface area contributed by atoms with Crippen LogP contribution < -0.4 is 20.9 Å². The summed E-state index contributed by atoms with van der Waals surface area (Å²) in [5.74, 6) is 1.14. The predicted molar refractivity (Wildman–Crippen MR) is 135 cm³/mol. The molecule has 0 bridgehead atoms. The average molecular weight is 473 g/mol. The molecule has 8 heteroatoms. The van der Waals surface area contributed by atoms with Crippen LogP contribution in [-0.2, 0) is 0 Å². The Morgan fingerprint density at radius 2 is 1.63 bits per heavy atom. The van der Waals surface area contributed by atoms with E-state index in [1.54, 1.807) is 44.3 Å². The molecule has 0 unspecified atom stereocenters. The fraction of sp³-hybridized carbons (Fsp3) is 0.259. The van der Waals surface area contributed by atoms with Gasteiger partial charge in [0, 0.05) is 36.5 Å². The van der Waals surface area contributed by atoms with Crippen molar-refractivity contribution in [2.75, 3.05) is 18.0 Å². The van der Waals surface area contributed by atoms with Crippen LogP contribution in [-0.4, -0.2) is 46.9 Å². The van der Waals surface area contributed by atoms with Crippen molar-refractivity contribution in [3.63, 3.8) is 0 Å². The molecule has 0 radical (unpaired) electrons. The molecule has 3 aromatic rings. The van der Waals surface area contributed by atoms with E-state index >= 15 is 0 Å². The van der Waals surface area contributed by atoms with Crippen molar-refractivity contribution in [2.45, 2.75) is 32.7 Å². The SMILES string of the molecule is Cc1cc(C(=O)c2ccnc(N3CCC(NC(=O)NC(=[NH2+])c4ccccc4)CC3)c2)cc(C)c1O. The number of carbonyl (C=O) groups excluding carboxylic acids is 2. The van der Waals surface area contributed by atoms with Gasteiger partial charge in [0.05, 0.1) is 5.56 Å². The van der Waals surface area contributed by atoms with Crippen LogP contribution in [0.4, 0.5) is 10.6 Å². The molecule has 180 valence electrons. The largest absolute Gasteiger partial charge is 0.507 e. The lowest BCUT2D eigenvalue weighted by molar-refractivity contribution is -0.116. The summed E-state index contributed by atoms with van der Waals surface area (Å²) in [6.45, 7) is 4.96. The number of nitrogens with two attached hydrogens (primary N) is 1. The number of piperidine rings is 1. The Morgan fingerprint density at radius 3 is 2.29 bits per heavy atom. The van der Waals surface area contributed by atoms with Gasteiger partial charge in [-0.3, -0.25) is 10.2 Å². The maximum absolute atomic E-state index is 13.1. The Morgan fingerprint density at radius 1 is 0.971 bits per heavy atom. The molecule has 0 aliphatic carbocycles. The molecule has 5 N–H and O–H groups in total. The average Bonchev–Trinajstić information content (AvgIpc) is 2.87. The quantitative estimate of drug-likeness (QED) is 0.258. The van der Waals surface area contributed by atoms with E-state index in [4.69, 9.17) is 5.41 Å². The summed E-state index contributed by atoms with van der Waals surface area (Å²) in [5.41, 5.74) is 3.19. The van der Waals surface area contributed by atoms with Crippen LogP contribution in [0, 0.1) is 13.8 Å². The Kier molecular flexibility index (Phi) is 7.10. The molecular formula is C27H30N5O3+. The number of anilines is 1. The van der Waals surface area contributed by atoms with Gasteiger partial charge < -0.3 is 15.3 Å². The van der Waals surface area contributed by atoms with Gasteiger partial charge in [0.25, 0.3) is 5.84 Å². The summed E-state index contributed by atoms with van der Waals surface area (Å²) in [6.07, 6.45) is 3.13. The molecule has 2 amide bonds. The number of aromatic nitrogens is 1. The minimum absolute atomic E-state index is 0.0163. The first-order valence-electron chi connectivity index (χ1n) is 11.6. The first kappa shape index (κ1) is 23.9. The van der Waals surface area contributed by atoms with Crippen molar-refractivity contribution < 1.29 is 20.1 Å². The summed E-state index contributed by atoms with van der Waals surface area (Å²) < 4.78 is 0. The van der Waals surface area contributed by atoms with Gasteiger partial charge in [0.15, 0.2) is 5.78 Å². The first-order valence-corrected chi connectivity index (χ1v) is 11.6. The molecule has 1 fully saturated rings. The molecule has 35 heavy (non-hydrogen) atoms. The third-order valence-electron chi connectivity index (χ3n) is 6.25. The van der Waals surface area contributed by atoms with Crippen LogP contribution in [0.5, 0.6) is 5.75 Å². The number of carbonyl (C=O) groups is 2. The van der Waals surface area contributed by atoms with E-state index in [0.717, 1.165) is 24.2 Å². The Balaban J connectivity index is 1.34. The molecule has 2 aromatic carbocycles. The van der Waals surface area contributed by atoms with Gasteiger partial charge in [0.1, 0.15) is 11.6 Å². The highest BCUT2D eigenvalue weighted by atomic mass is 16.3. The lowest BCUT2D eigenvalue weighted by Crippen LogP contribution is -2.56. The minimum atomic E-state index is -0.324. The van der Waals surface area contributed by atoms with Gasteiger partial charge in [-0.2, -0.15) is 5.32 Å². The van der Waals surface area contributed by atoms with Crippen LogP contribution in [0.15, 0.2) is 60.8 Å². The minimum Gasteiger partial charge on any atom is -0.507 e. The summed E-state index contributed by atoms with van der Waals surface area (Å²) in [4.78, 5) is 32.0. The third kappa shape index (κ3) is 5.66. The van der Waals surface area contributed by atoms with Crippen molar-refractivity contribution in [3.8, 4) is 5.75 Å². The number of hydrogen-bond donors (Lipinski definition) is 4. The van der Waals surface area contributed by atoms with Gasteiger partial charge in [-0.25, -0.2) is 9.78 Å². The van der Waals surface area contributed by atoms with E-state index in [-0.39, 0.29) is 23.6 Å². The molecule has 0 atom stereocenters. The zero-order chi connectivity index (χ0) is 24.9. The van der Waals surface area contributed by atoms with Crippen molar-refractivity contribution in [1.29, 1.82) is 0 Å². The highest BCUT2D eigenvalue weighted by molar-refractivity contribution is 6.09. The van der Waals surface area contributed by atoms with Crippen LogP contribution in [0.1, 0.15) is 45.5 Å². The van der Waals surface area contributed by atoms with E-state index < -0.39 is 0 Å². The molecule has 1 aliphatic heterocycles. The molecule has 1 aromatic heterocycles. The number of aromatic hydroxyl groups is 1.